The molecular weight excluding hydrogens is 508 g/mol. The van der Waals surface area contributed by atoms with Crippen molar-refractivity contribution in [3.05, 3.63) is 65.6 Å². The molecule has 4 heterocycles. The quantitative estimate of drug-likeness (QED) is 0.340. The number of imide groups is 1. The highest BCUT2D eigenvalue weighted by Crippen LogP contribution is 2.25. The molecule has 12 nitrogen and oxygen atoms in total. The number of likely N-dealkylation sites (tertiary alicyclic amines) is 1. The third-order valence-corrected chi connectivity index (χ3v) is 6.26. The van der Waals surface area contributed by atoms with Crippen LogP contribution in [0, 0.1) is 5.92 Å². The summed E-state index contributed by atoms with van der Waals surface area (Å²) in [6.45, 7) is 5.71. The number of esters is 1. The zero-order valence-corrected chi connectivity index (χ0v) is 21.7. The highest BCUT2D eigenvalue weighted by molar-refractivity contribution is 6.20. The number of hydrogen-bond acceptors (Lipinski definition) is 8. The van der Waals surface area contributed by atoms with E-state index >= 15 is 0 Å². The molecule has 1 fully saturated rings. The van der Waals surface area contributed by atoms with E-state index in [0.29, 0.717) is 36.0 Å². The maximum atomic E-state index is 12.9. The van der Waals surface area contributed by atoms with E-state index in [-0.39, 0.29) is 23.7 Å². The van der Waals surface area contributed by atoms with E-state index in [2.05, 4.69) is 4.98 Å². The molecule has 0 aliphatic carbocycles. The van der Waals surface area contributed by atoms with Gasteiger partial charge in [-0.2, -0.15) is 0 Å². The van der Waals surface area contributed by atoms with Gasteiger partial charge in [0.25, 0.3) is 11.8 Å². The third-order valence-electron chi connectivity index (χ3n) is 6.26. The van der Waals surface area contributed by atoms with E-state index in [1.807, 2.05) is 6.20 Å². The molecule has 5 rings (SSSR count). The summed E-state index contributed by atoms with van der Waals surface area (Å²) in [5, 5.41) is 9.58. The maximum Gasteiger partial charge on any atom is 0.407 e. The van der Waals surface area contributed by atoms with Gasteiger partial charge in [0.2, 0.25) is 6.10 Å². The molecule has 1 unspecified atom stereocenters. The summed E-state index contributed by atoms with van der Waals surface area (Å²) in [6, 6.07) is 9.72. The first-order valence-electron chi connectivity index (χ1n) is 12.4. The molecule has 0 radical (unpaired) electrons. The van der Waals surface area contributed by atoms with E-state index in [1.54, 1.807) is 55.6 Å². The van der Waals surface area contributed by atoms with Crippen LogP contribution in [-0.4, -0.2) is 79.7 Å². The van der Waals surface area contributed by atoms with Crippen molar-refractivity contribution >= 4 is 29.5 Å². The number of fused-ring (bicyclic) bond motifs is 2. The van der Waals surface area contributed by atoms with Crippen LogP contribution in [0.4, 0.5) is 4.79 Å². The molecule has 2 aromatic heterocycles. The van der Waals surface area contributed by atoms with Crippen molar-refractivity contribution in [2.24, 2.45) is 5.92 Å². The van der Waals surface area contributed by atoms with E-state index in [4.69, 9.17) is 19.4 Å². The molecule has 39 heavy (non-hydrogen) atoms. The lowest BCUT2D eigenvalue weighted by molar-refractivity contribution is -0.193. The predicted molar refractivity (Wildman–Crippen MR) is 135 cm³/mol. The lowest BCUT2D eigenvalue weighted by Gasteiger charge is -2.36. The Labute approximate surface area is 223 Å². The Morgan fingerprint density at radius 3 is 2.33 bits per heavy atom. The van der Waals surface area contributed by atoms with Gasteiger partial charge >= 0.3 is 12.1 Å². The van der Waals surface area contributed by atoms with Gasteiger partial charge in [-0.05, 0) is 57.4 Å². The minimum Gasteiger partial charge on any atom is -0.489 e. The second kappa shape index (κ2) is 10.0. The number of aromatic nitrogens is 2. The van der Waals surface area contributed by atoms with Crippen molar-refractivity contribution in [3.8, 4) is 5.75 Å². The fourth-order valence-electron chi connectivity index (χ4n) is 4.43. The van der Waals surface area contributed by atoms with Crippen LogP contribution >= 0.6 is 0 Å². The van der Waals surface area contributed by atoms with E-state index in [0.717, 1.165) is 5.69 Å². The number of carbonyl (C=O) groups is 4. The monoisotopic (exact) mass is 536 g/mol. The number of imidazole rings is 1. The minimum absolute atomic E-state index is 0.185. The van der Waals surface area contributed by atoms with Crippen LogP contribution in [0.15, 0.2) is 48.8 Å². The smallest absolute Gasteiger partial charge is 0.407 e. The molecule has 3 amide bonds. The summed E-state index contributed by atoms with van der Waals surface area (Å²) in [5.74, 6) is -1.52. The van der Waals surface area contributed by atoms with Gasteiger partial charge in [-0.1, -0.05) is 12.1 Å². The summed E-state index contributed by atoms with van der Waals surface area (Å²) in [6.07, 6.45) is 1.85. The van der Waals surface area contributed by atoms with Gasteiger partial charge in [0.1, 0.15) is 23.6 Å². The Balaban J connectivity index is 1.27. The van der Waals surface area contributed by atoms with E-state index in [9.17, 15) is 19.2 Å². The van der Waals surface area contributed by atoms with Gasteiger partial charge in [-0.3, -0.25) is 9.59 Å². The summed E-state index contributed by atoms with van der Waals surface area (Å²) in [4.78, 5) is 61.0. The molecule has 2 aliphatic rings. The van der Waals surface area contributed by atoms with Crippen LogP contribution in [0.5, 0.6) is 5.75 Å². The minimum atomic E-state index is -1.41. The van der Waals surface area contributed by atoms with Crippen molar-refractivity contribution in [2.75, 3.05) is 19.7 Å². The zero-order chi connectivity index (χ0) is 27.9. The number of hydroxylamine groups is 2. The molecule has 0 spiro atoms. The molecule has 0 bridgehead atoms. The highest BCUT2D eigenvalue weighted by atomic mass is 16.7. The predicted octanol–water partition coefficient (Wildman–Crippen LogP) is 2.80. The molecular formula is C27H28N4O8. The number of hydrogen-bond donors (Lipinski definition) is 1. The van der Waals surface area contributed by atoms with Crippen LogP contribution in [0.25, 0.3) is 5.65 Å². The van der Waals surface area contributed by atoms with E-state index in [1.165, 1.54) is 17.0 Å². The lowest BCUT2D eigenvalue weighted by Crippen LogP contribution is -2.50. The topological polar surface area (TPSA) is 140 Å². The van der Waals surface area contributed by atoms with Gasteiger partial charge in [0.05, 0.1) is 23.0 Å². The summed E-state index contributed by atoms with van der Waals surface area (Å²) in [5.41, 5.74) is 1.03. The summed E-state index contributed by atoms with van der Waals surface area (Å²) < 4.78 is 13.1. The maximum absolute atomic E-state index is 12.9. The highest BCUT2D eigenvalue weighted by Gasteiger charge is 2.40. The first-order chi connectivity index (χ1) is 18.5. The Kier molecular flexibility index (Phi) is 6.73. The van der Waals surface area contributed by atoms with Gasteiger partial charge in [0.15, 0.2) is 0 Å². The Morgan fingerprint density at radius 2 is 1.72 bits per heavy atom. The second-order valence-corrected chi connectivity index (χ2v) is 10.5. The average molecular weight is 537 g/mol. The number of carbonyl (C=O) groups excluding carboxylic acids is 3. The number of rotatable bonds is 8. The number of amides is 3. The van der Waals surface area contributed by atoms with Crippen LogP contribution in [-0.2, 0) is 20.8 Å². The molecule has 0 saturated carbocycles. The first kappa shape index (κ1) is 26.2. The number of pyridine rings is 1. The van der Waals surface area contributed by atoms with Crippen molar-refractivity contribution in [3.63, 3.8) is 0 Å². The van der Waals surface area contributed by atoms with Crippen LogP contribution < -0.4 is 4.74 Å². The largest absolute Gasteiger partial charge is 0.489 e. The molecule has 2 aliphatic heterocycles. The summed E-state index contributed by atoms with van der Waals surface area (Å²) in [7, 11) is 0. The third kappa shape index (κ3) is 5.55. The summed E-state index contributed by atoms with van der Waals surface area (Å²) >= 11 is 0. The molecule has 204 valence electrons. The number of nitrogens with zero attached hydrogens (tertiary/aromatic N) is 4. The van der Waals surface area contributed by atoms with Crippen molar-refractivity contribution in [1.82, 2.24) is 19.3 Å². The van der Waals surface area contributed by atoms with Crippen molar-refractivity contribution < 1.29 is 38.6 Å². The Bertz CT molecular complexity index is 1420. The van der Waals surface area contributed by atoms with Crippen LogP contribution in [0.2, 0.25) is 0 Å². The molecule has 1 N–H and O–H groups in total. The van der Waals surface area contributed by atoms with Crippen LogP contribution in [0.3, 0.4) is 0 Å². The zero-order valence-electron chi connectivity index (χ0n) is 21.7. The van der Waals surface area contributed by atoms with Gasteiger partial charge in [0, 0.05) is 19.3 Å². The fraction of sp³-hybridized carbons (Fsp3) is 0.370. The van der Waals surface area contributed by atoms with Gasteiger partial charge in [-0.15, -0.1) is 5.06 Å². The molecule has 1 aromatic carbocycles. The average Bonchev–Trinajstić information content (AvgIpc) is 3.35. The Morgan fingerprint density at radius 1 is 1.05 bits per heavy atom. The van der Waals surface area contributed by atoms with Gasteiger partial charge in [-0.25, -0.2) is 19.4 Å². The standard InChI is InChI=1S/C27H28N4O8/c1-27(2,3)38-25(34)21(39-31-23(32)19-6-4-5-7-20(19)24(31)33)15-37-18-8-9-22-28-17(13-29(22)14-18)10-16-11-30(12-16)26(35)36/h4-9,13-14,16,21H,10-12,15H2,1-3H3,(H,35,36). The van der Waals surface area contributed by atoms with E-state index < -0.39 is 35.6 Å². The fourth-order valence-corrected chi connectivity index (χ4v) is 4.43. The molecule has 3 aromatic rings. The second-order valence-electron chi connectivity index (χ2n) is 10.5. The number of ether oxygens (including phenoxy) is 2. The normalized spacial score (nSPS) is 16.3. The number of benzene rings is 1. The molecule has 12 heteroatoms. The van der Waals surface area contributed by atoms with Crippen molar-refractivity contribution in [1.29, 1.82) is 0 Å². The molecule has 1 saturated heterocycles. The lowest BCUT2D eigenvalue weighted by atomic mass is 9.95. The van der Waals surface area contributed by atoms with Gasteiger partial charge < -0.3 is 23.9 Å². The van der Waals surface area contributed by atoms with Crippen LogP contribution in [0.1, 0.15) is 47.2 Å². The SMILES string of the molecule is CC(C)(C)OC(=O)C(COc1ccc2nc(CC3CN(C(=O)O)C3)cn2c1)ON1C(=O)c2ccccc2C1=O. The Hall–Kier alpha value is -4.45. The first-order valence-corrected chi connectivity index (χ1v) is 12.4. The van der Waals surface area contributed by atoms with Crippen molar-refractivity contribution in [2.45, 2.75) is 38.9 Å². The number of carboxylic acid groups (broad SMARTS) is 1. The molecule has 1 atom stereocenters.